The zero-order valence-electron chi connectivity index (χ0n) is 12.1. The maximum absolute atomic E-state index is 12.6. The molecule has 0 aromatic heterocycles. The molecule has 2 unspecified atom stereocenters. The monoisotopic (exact) mass is 364 g/mol. The minimum Gasteiger partial charge on any atom is -0.366 e. The van der Waals surface area contributed by atoms with Crippen LogP contribution in [0.15, 0.2) is 18.2 Å². The number of carbonyl (C=O) groups is 1. The van der Waals surface area contributed by atoms with Crippen LogP contribution < -0.4 is 5.32 Å². The van der Waals surface area contributed by atoms with Crippen LogP contribution in [0.2, 0.25) is 10.0 Å². The van der Waals surface area contributed by atoms with Crippen molar-refractivity contribution in [1.29, 1.82) is 0 Å². The second-order valence-corrected chi connectivity index (χ2v) is 6.24. The minimum absolute atomic E-state index is 0. The van der Waals surface area contributed by atoms with Gasteiger partial charge in [-0.3, -0.25) is 4.79 Å². The predicted molar refractivity (Wildman–Crippen MR) is 90.0 cm³/mol. The summed E-state index contributed by atoms with van der Waals surface area (Å²) in [5.41, 5.74) is 1.04. The van der Waals surface area contributed by atoms with Crippen LogP contribution in [-0.2, 0) is 9.53 Å². The number of amides is 1. The minimum atomic E-state index is -0.373. The Morgan fingerprint density at radius 3 is 2.82 bits per heavy atom. The number of halogens is 3. The Morgan fingerprint density at radius 2 is 2.14 bits per heavy atom. The molecular weight excluding hydrogens is 347 g/mol. The molecule has 7 heteroatoms. The Morgan fingerprint density at radius 1 is 1.32 bits per heavy atom. The van der Waals surface area contributed by atoms with E-state index in [0.29, 0.717) is 23.2 Å². The quantitative estimate of drug-likeness (QED) is 0.876. The molecule has 4 nitrogen and oxygen atoms in total. The van der Waals surface area contributed by atoms with E-state index in [1.807, 2.05) is 17.0 Å². The van der Waals surface area contributed by atoms with Crippen LogP contribution in [-0.4, -0.2) is 43.2 Å². The van der Waals surface area contributed by atoms with Gasteiger partial charge < -0.3 is 15.0 Å². The number of likely N-dealkylation sites (tertiary alicyclic amines) is 1. The third-order valence-electron chi connectivity index (χ3n) is 4.07. The molecule has 2 aliphatic rings. The van der Waals surface area contributed by atoms with Crippen LogP contribution >= 0.6 is 35.6 Å². The van der Waals surface area contributed by atoms with E-state index in [9.17, 15) is 4.79 Å². The van der Waals surface area contributed by atoms with Crippen molar-refractivity contribution in [3.8, 4) is 0 Å². The highest BCUT2D eigenvalue weighted by Crippen LogP contribution is 2.35. The molecule has 2 fully saturated rings. The average Bonchev–Trinajstić information content (AvgIpc) is 2.99. The van der Waals surface area contributed by atoms with Crippen molar-refractivity contribution in [2.45, 2.75) is 25.0 Å². The number of nitrogens with zero attached hydrogens (tertiary/aromatic N) is 1. The highest BCUT2D eigenvalue weighted by molar-refractivity contribution is 6.42. The van der Waals surface area contributed by atoms with Gasteiger partial charge in [0.05, 0.1) is 22.7 Å². The number of hydrogen-bond donors (Lipinski definition) is 1. The molecule has 0 radical (unpaired) electrons. The first-order chi connectivity index (χ1) is 10.2. The molecule has 2 heterocycles. The normalized spacial score (nSPS) is 24.9. The Balaban J connectivity index is 0.00000176. The maximum Gasteiger partial charge on any atom is 0.253 e. The summed E-state index contributed by atoms with van der Waals surface area (Å²) in [7, 11) is 0. The molecule has 1 aromatic rings. The Labute approximate surface area is 146 Å². The largest absolute Gasteiger partial charge is 0.366 e. The fourth-order valence-electron chi connectivity index (χ4n) is 3.01. The van der Waals surface area contributed by atoms with Crippen molar-refractivity contribution in [2.75, 3.05) is 26.2 Å². The molecule has 122 valence electrons. The van der Waals surface area contributed by atoms with Gasteiger partial charge in [-0.15, -0.1) is 12.4 Å². The summed E-state index contributed by atoms with van der Waals surface area (Å²) >= 11 is 12.1. The molecule has 3 rings (SSSR count). The Kier molecular flexibility index (Phi) is 6.36. The zero-order valence-corrected chi connectivity index (χ0v) is 14.4. The van der Waals surface area contributed by atoms with Gasteiger partial charge in [0.2, 0.25) is 0 Å². The van der Waals surface area contributed by atoms with Gasteiger partial charge in [0.1, 0.15) is 6.10 Å². The summed E-state index contributed by atoms with van der Waals surface area (Å²) in [4.78, 5) is 14.6. The van der Waals surface area contributed by atoms with Crippen LogP contribution in [0.25, 0.3) is 0 Å². The van der Waals surface area contributed by atoms with Crippen LogP contribution in [0.4, 0.5) is 0 Å². The molecule has 2 atom stereocenters. The second kappa shape index (κ2) is 7.84. The average molecular weight is 366 g/mol. The standard InChI is InChI=1S/C15H18Cl2N2O2.ClH/c16-11-4-3-10(8-12(11)17)13-2-1-6-19(13)15(20)14-9-18-5-7-21-14;/h3-4,8,13-14,18H,1-2,5-7,9H2;1H. The van der Waals surface area contributed by atoms with Gasteiger partial charge in [0, 0.05) is 19.6 Å². The van der Waals surface area contributed by atoms with E-state index in [4.69, 9.17) is 27.9 Å². The van der Waals surface area contributed by atoms with Crippen molar-refractivity contribution in [2.24, 2.45) is 0 Å². The third-order valence-corrected chi connectivity index (χ3v) is 4.81. The van der Waals surface area contributed by atoms with Gasteiger partial charge in [-0.25, -0.2) is 0 Å². The predicted octanol–water partition coefficient (Wildman–Crippen LogP) is 3.07. The molecule has 0 spiro atoms. The number of rotatable bonds is 2. The van der Waals surface area contributed by atoms with Crippen molar-refractivity contribution in [1.82, 2.24) is 10.2 Å². The summed E-state index contributed by atoms with van der Waals surface area (Å²) in [6, 6.07) is 5.67. The van der Waals surface area contributed by atoms with E-state index < -0.39 is 0 Å². The molecular formula is C15H19Cl3N2O2. The summed E-state index contributed by atoms with van der Waals surface area (Å²) in [6.07, 6.45) is 1.57. The molecule has 1 amide bonds. The first kappa shape index (κ1) is 17.8. The van der Waals surface area contributed by atoms with Gasteiger partial charge in [-0.2, -0.15) is 0 Å². The Hall–Kier alpha value is -0.520. The lowest BCUT2D eigenvalue weighted by Gasteiger charge is -2.31. The molecule has 0 aliphatic carbocycles. The van der Waals surface area contributed by atoms with E-state index in [2.05, 4.69) is 5.32 Å². The lowest BCUT2D eigenvalue weighted by atomic mass is 10.0. The van der Waals surface area contributed by atoms with Crippen LogP contribution in [0, 0.1) is 0 Å². The summed E-state index contributed by atoms with van der Waals surface area (Å²) in [5, 5.41) is 4.27. The molecule has 2 aliphatic heterocycles. The van der Waals surface area contributed by atoms with Crippen molar-refractivity contribution in [3.05, 3.63) is 33.8 Å². The van der Waals surface area contributed by atoms with Crippen LogP contribution in [0.5, 0.6) is 0 Å². The van der Waals surface area contributed by atoms with Crippen LogP contribution in [0.3, 0.4) is 0 Å². The van der Waals surface area contributed by atoms with Gasteiger partial charge >= 0.3 is 0 Å². The Bertz CT molecular complexity index is 536. The van der Waals surface area contributed by atoms with Gasteiger partial charge in [0.15, 0.2) is 0 Å². The number of carbonyl (C=O) groups excluding carboxylic acids is 1. The topological polar surface area (TPSA) is 41.6 Å². The maximum atomic E-state index is 12.6. The van der Waals surface area contributed by atoms with Crippen molar-refractivity contribution >= 4 is 41.5 Å². The summed E-state index contributed by atoms with van der Waals surface area (Å²) in [5.74, 6) is 0.0655. The van der Waals surface area contributed by atoms with Crippen LogP contribution in [0.1, 0.15) is 24.4 Å². The molecule has 0 saturated carbocycles. The first-order valence-corrected chi connectivity index (χ1v) is 8.00. The van der Waals surface area contributed by atoms with E-state index in [1.54, 1.807) is 6.07 Å². The fraction of sp³-hybridized carbons (Fsp3) is 0.533. The SMILES string of the molecule is Cl.O=C(C1CNCCO1)N1CCCC1c1ccc(Cl)c(Cl)c1. The second-order valence-electron chi connectivity index (χ2n) is 5.43. The van der Waals surface area contributed by atoms with Gasteiger partial charge in [0.25, 0.3) is 5.91 Å². The number of benzene rings is 1. The highest BCUT2D eigenvalue weighted by atomic mass is 35.5. The summed E-state index contributed by atoms with van der Waals surface area (Å²) < 4.78 is 5.58. The lowest BCUT2D eigenvalue weighted by Crippen LogP contribution is -2.49. The highest BCUT2D eigenvalue weighted by Gasteiger charge is 2.35. The number of morpholine rings is 1. The molecule has 1 N–H and O–H groups in total. The molecule has 1 aromatic carbocycles. The zero-order chi connectivity index (χ0) is 14.8. The van der Waals surface area contributed by atoms with Gasteiger partial charge in [-0.05, 0) is 30.5 Å². The molecule has 2 saturated heterocycles. The summed E-state index contributed by atoms with van der Waals surface area (Å²) in [6.45, 7) is 2.74. The van der Waals surface area contributed by atoms with E-state index >= 15 is 0 Å². The van der Waals surface area contributed by atoms with Crippen molar-refractivity contribution in [3.63, 3.8) is 0 Å². The molecule has 0 bridgehead atoms. The number of hydrogen-bond acceptors (Lipinski definition) is 3. The number of ether oxygens (including phenoxy) is 1. The smallest absolute Gasteiger partial charge is 0.253 e. The van der Waals surface area contributed by atoms with E-state index in [0.717, 1.165) is 31.5 Å². The van der Waals surface area contributed by atoms with Crippen molar-refractivity contribution < 1.29 is 9.53 Å². The van der Waals surface area contributed by atoms with Gasteiger partial charge in [-0.1, -0.05) is 29.3 Å². The third kappa shape index (κ3) is 3.69. The first-order valence-electron chi connectivity index (χ1n) is 7.24. The lowest BCUT2D eigenvalue weighted by molar-refractivity contribution is -0.146. The number of nitrogens with one attached hydrogen (secondary N) is 1. The molecule has 22 heavy (non-hydrogen) atoms. The van der Waals surface area contributed by atoms with E-state index in [1.165, 1.54) is 0 Å². The van der Waals surface area contributed by atoms with E-state index in [-0.39, 0.29) is 30.5 Å². The fourth-order valence-corrected chi connectivity index (χ4v) is 3.31.